The lowest BCUT2D eigenvalue weighted by Gasteiger charge is -2.07. The number of carbonyl (C=O) groups is 1. The molecule has 0 saturated heterocycles. The Bertz CT molecular complexity index is 545. The maximum Gasteiger partial charge on any atom is 0.276 e. The fourth-order valence-corrected chi connectivity index (χ4v) is 1.82. The summed E-state index contributed by atoms with van der Waals surface area (Å²) < 4.78 is 0. The van der Waals surface area contributed by atoms with Crippen molar-refractivity contribution in [2.24, 2.45) is 0 Å². The topological polar surface area (TPSA) is 57.8 Å². The Hall–Kier alpha value is -1.52. The van der Waals surface area contributed by atoms with E-state index in [2.05, 4.69) is 15.5 Å². The number of halogens is 2. The standard InChI is InChI=1S/C11H9Cl2N3O/c1-6-5-9(16-15-6)11(17)14-10-7(12)3-2-4-8(10)13/h2-5H,1H3,(H,14,17)(H,15,16). The van der Waals surface area contributed by atoms with Gasteiger partial charge in [0.2, 0.25) is 0 Å². The molecular weight excluding hydrogens is 261 g/mol. The first-order chi connectivity index (χ1) is 8.08. The highest BCUT2D eigenvalue weighted by atomic mass is 35.5. The van der Waals surface area contributed by atoms with E-state index in [9.17, 15) is 4.79 Å². The van der Waals surface area contributed by atoms with Gasteiger partial charge >= 0.3 is 0 Å². The molecule has 88 valence electrons. The Morgan fingerprint density at radius 1 is 1.35 bits per heavy atom. The number of hydrogen-bond acceptors (Lipinski definition) is 2. The molecule has 2 N–H and O–H groups in total. The number of nitrogens with zero attached hydrogens (tertiary/aromatic N) is 1. The predicted molar refractivity (Wildman–Crippen MR) is 67.7 cm³/mol. The van der Waals surface area contributed by atoms with Gasteiger partial charge in [0, 0.05) is 5.69 Å². The van der Waals surface area contributed by atoms with Crippen molar-refractivity contribution in [1.29, 1.82) is 0 Å². The zero-order chi connectivity index (χ0) is 12.4. The third kappa shape index (κ3) is 2.60. The van der Waals surface area contributed by atoms with Crippen LogP contribution in [0.25, 0.3) is 0 Å². The van der Waals surface area contributed by atoms with Crippen molar-refractivity contribution in [2.45, 2.75) is 6.92 Å². The number of aromatic nitrogens is 2. The second-order valence-electron chi connectivity index (χ2n) is 3.49. The van der Waals surface area contributed by atoms with Crippen LogP contribution in [0.5, 0.6) is 0 Å². The van der Waals surface area contributed by atoms with Crippen LogP contribution in [0.2, 0.25) is 10.0 Å². The van der Waals surface area contributed by atoms with E-state index in [1.807, 2.05) is 6.92 Å². The van der Waals surface area contributed by atoms with Gasteiger partial charge < -0.3 is 5.32 Å². The number of aromatic amines is 1. The third-order valence-corrected chi connectivity index (χ3v) is 2.77. The SMILES string of the molecule is Cc1cc(C(=O)Nc2c(Cl)cccc2Cl)n[nH]1. The Morgan fingerprint density at radius 2 is 2.00 bits per heavy atom. The molecule has 2 rings (SSSR count). The number of para-hydroxylation sites is 1. The number of hydrogen-bond donors (Lipinski definition) is 2. The van der Waals surface area contributed by atoms with Gasteiger partial charge in [0.05, 0.1) is 15.7 Å². The van der Waals surface area contributed by atoms with Crippen molar-refractivity contribution >= 4 is 34.8 Å². The summed E-state index contributed by atoms with van der Waals surface area (Å²) >= 11 is 11.9. The molecule has 0 bridgehead atoms. The lowest BCUT2D eigenvalue weighted by atomic mass is 10.3. The molecule has 0 saturated carbocycles. The molecule has 1 aromatic carbocycles. The van der Waals surface area contributed by atoms with E-state index in [0.29, 0.717) is 21.4 Å². The molecule has 17 heavy (non-hydrogen) atoms. The summed E-state index contributed by atoms with van der Waals surface area (Å²) in [5.41, 5.74) is 1.49. The fraction of sp³-hybridized carbons (Fsp3) is 0.0909. The van der Waals surface area contributed by atoms with Gasteiger partial charge in [-0.3, -0.25) is 9.89 Å². The molecule has 0 radical (unpaired) electrons. The number of anilines is 1. The third-order valence-electron chi connectivity index (χ3n) is 2.14. The smallest absolute Gasteiger partial charge is 0.276 e. The maximum atomic E-state index is 11.8. The van der Waals surface area contributed by atoms with E-state index in [0.717, 1.165) is 5.69 Å². The van der Waals surface area contributed by atoms with E-state index in [4.69, 9.17) is 23.2 Å². The van der Waals surface area contributed by atoms with Gasteiger partial charge in [-0.05, 0) is 25.1 Å². The molecule has 1 amide bonds. The first-order valence-corrected chi connectivity index (χ1v) is 5.61. The van der Waals surface area contributed by atoms with E-state index in [1.54, 1.807) is 24.3 Å². The quantitative estimate of drug-likeness (QED) is 0.879. The van der Waals surface area contributed by atoms with E-state index in [1.165, 1.54) is 0 Å². The van der Waals surface area contributed by atoms with Gasteiger partial charge in [-0.2, -0.15) is 5.10 Å². The molecule has 0 atom stereocenters. The number of nitrogens with one attached hydrogen (secondary N) is 2. The molecule has 6 heteroatoms. The Morgan fingerprint density at radius 3 is 2.53 bits per heavy atom. The highest BCUT2D eigenvalue weighted by molar-refractivity contribution is 6.39. The van der Waals surface area contributed by atoms with Gasteiger partial charge in [-0.15, -0.1) is 0 Å². The largest absolute Gasteiger partial charge is 0.318 e. The average Bonchev–Trinajstić information content (AvgIpc) is 2.70. The van der Waals surface area contributed by atoms with E-state index < -0.39 is 0 Å². The van der Waals surface area contributed by atoms with Gasteiger partial charge in [0.1, 0.15) is 0 Å². The van der Waals surface area contributed by atoms with Crippen LogP contribution >= 0.6 is 23.2 Å². The summed E-state index contributed by atoms with van der Waals surface area (Å²) in [5, 5.41) is 9.93. The second-order valence-corrected chi connectivity index (χ2v) is 4.30. The summed E-state index contributed by atoms with van der Waals surface area (Å²) in [6, 6.07) is 6.65. The van der Waals surface area contributed by atoms with Gasteiger partial charge in [0.15, 0.2) is 5.69 Å². The number of aryl methyl sites for hydroxylation is 1. The summed E-state index contributed by atoms with van der Waals surface area (Å²) in [6.45, 7) is 1.81. The minimum Gasteiger partial charge on any atom is -0.318 e. The minimum atomic E-state index is -0.357. The minimum absolute atomic E-state index is 0.290. The van der Waals surface area contributed by atoms with Crippen LogP contribution in [0, 0.1) is 6.92 Å². The number of carbonyl (C=O) groups excluding carboxylic acids is 1. The summed E-state index contributed by atoms with van der Waals surface area (Å²) in [5.74, 6) is -0.357. The van der Waals surface area contributed by atoms with E-state index >= 15 is 0 Å². The van der Waals surface area contributed by atoms with Gasteiger partial charge in [0.25, 0.3) is 5.91 Å². The first-order valence-electron chi connectivity index (χ1n) is 4.85. The lowest BCUT2D eigenvalue weighted by molar-refractivity contribution is 0.102. The van der Waals surface area contributed by atoms with Crippen LogP contribution in [0.15, 0.2) is 24.3 Å². The Kier molecular flexibility index (Phi) is 3.36. The predicted octanol–water partition coefficient (Wildman–Crippen LogP) is 3.28. The van der Waals surface area contributed by atoms with Crippen molar-refractivity contribution in [3.05, 3.63) is 45.7 Å². The van der Waals surface area contributed by atoms with Crippen molar-refractivity contribution in [1.82, 2.24) is 10.2 Å². The van der Waals surface area contributed by atoms with E-state index in [-0.39, 0.29) is 5.91 Å². The summed E-state index contributed by atoms with van der Waals surface area (Å²) in [4.78, 5) is 11.8. The van der Waals surface area contributed by atoms with Crippen LogP contribution in [0.3, 0.4) is 0 Å². The Labute approximate surface area is 108 Å². The number of amides is 1. The van der Waals surface area contributed by atoms with Gasteiger partial charge in [-0.25, -0.2) is 0 Å². The second kappa shape index (κ2) is 4.77. The van der Waals surface area contributed by atoms with Crippen LogP contribution in [0.1, 0.15) is 16.2 Å². The number of H-pyrrole nitrogens is 1. The van der Waals surface area contributed by atoms with Gasteiger partial charge in [-0.1, -0.05) is 29.3 Å². The molecule has 2 aromatic rings. The average molecular weight is 270 g/mol. The number of rotatable bonds is 2. The summed E-state index contributed by atoms with van der Waals surface area (Å²) in [7, 11) is 0. The van der Waals surface area contributed by atoms with Crippen molar-refractivity contribution < 1.29 is 4.79 Å². The molecule has 0 unspecified atom stereocenters. The highest BCUT2D eigenvalue weighted by Crippen LogP contribution is 2.30. The molecule has 0 spiro atoms. The molecule has 0 aliphatic carbocycles. The monoisotopic (exact) mass is 269 g/mol. The van der Waals surface area contributed by atoms with Crippen molar-refractivity contribution in [2.75, 3.05) is 5.32 Å². The molecular formula is C11H9Cl2N3O. The first kappa shape index (κ1) is 12.0. The number of benzene rings is 1. The molecule has 1 heterocycles. The molecule has 0 fully saturated rings. The zero-order valence-corrected chi connectivity index (χ0v) is 10.4. The van der Waals surface area contributed by atoms with Crippen molar-refractivity contribution in [3.63, 3.8) is 0 Å². The Balaban J connectivity index is 2.24. The van der Waals surface area contributed by atoms with Crippen LogP contribution < -0.4 is 5.32 Å². The zero-order valence-electron chi connectivity index (χ0n) is 8.92. The van der Waals surface area contributed by atoms with Crippen LogP contribution in [-0.4, -0.2) is 16.1 Å². The lowest BCUT2D eigenvalue weighted by Crippen LogP contribution is -2.13. The molecule has 0 aliphatic heterocycles. The molecule has 4 nitrogen and oxygen atoms in total. The summed E-state index contributed by atoms with van der Waals surface area (Å²) in [6.07, 6.45) is 0. The maximum absolute atomic E-state index is 11.8. The normalized spacial score (nSPS) is 10.3. The van der Waals surface area contributed by atoms with Crippen LogP contribution in [-0.2, 0) is 0 Å². The molecule has 0 aliphatic rings. The van der Waals surface area contributed by atoms with Crippen molar-refractivity contribution in [3.8, 4) is 0 Å². The molecule has 1 aromatic heterocycles. The van der Waals surface area contributed by atoms with Crippen LogP contribution in [0.4, 0.5) is 5.69 Å². The highest BCUT2D eigenvalue weighted by Gasteiger charge is 2.13. The fourth-order valence-electron chi connectivity index (χ4n) is 1.33.